The number of H-pyrrole nitrogens is 1. The Hall–Kier alpha value is -2.15. The van der Waals surface area contributed by atoms with Gasteiger partial charge in [-0.25, -0.2) is 0 Å². The highest BCUT2D eigenvalue weighted by Crippen LogP contribution is 2.22. The predicted octanol–water partition coefficient (Wildman–Crippen LogP) is -0.0993. The van der Waals surface area contributed by atoms with Gasteiger partial charge in [0.05, 0.1) is 6.54 Å². The predicted molar refractivity (Wildman–Crippen MR) is 54.5 cm³/mol. The van der Waals surface area contributed by atoms with Crippen LogP contribution in [-0.2, 0) is 13.1 Å². The summed E-state index contributed by atoms with van der Waals surface area (Å²) >= 11 is 0. The van der Waals surface area contributed by atoms with Crippen molar-refractivity contribution >= 4 is 0 Å². The molecule has 0 bridgehead atoms. The van der Waals surface area contributed by atoms with Crippen LogP contribution in [0.4, 0.5) is 0 Å². The number of aromatic nitrogens is 4. The van der Waals surface area contributed by atoms with Crippen LogP contribution in [0.1, 0.15) is 11.4 Å². The summed E-state index contributed by atoms with van der Waals surface area (Å²) in [6, 6.07) is 4.46. The number of aromatic hydroxyl groups is 2. The Bertz CT molecular complexity index is 457. The van der Waals surface area contributed by atoms with Gasteiger partial charge in [-0.1, -0.05) is 11.3 Å². The van der Waals surface area contributed by atoms with E-state index in [0.29, 0.717) is 24.5 Å². The number of tetrazole rings is 1. The van der Waals surface area contributed by atoms with Crippen molar-refractivity contribution in [1.82, 2.24) is 25.9 Å². The maximum absolute atomic E-state index is 9.50. The molecule has 0 atom stereocenters. The van der Waals surface area contributed by atoms with Crippen LogP contribution in [0.25, 0.3) is 0 Å². The van der Waals surface area contributed by atoms with Crippen LogP contribution in [0.3, 0.4) is 0 Å². The fourth-order valence-electron chi connectivity index (χ4n) is 1.27. The third-order valence-corrected chi connectivity index (χ3v) is 2.06. The topological polar surface area (TPSA) is 107 Å². The summed E-state index contributed by atoms with van der Waals surface area (Å²) in [4.78, 5) is 0. The minimum absolute atomic E-state index is 0.0411. The molecule has 7 nitrogen and oxygen atoms in total. The van der Waals surface area contributed by atoms with Gasteiger partial charge in [0.15, 0.2) is 5.82 Å². The minimum atomic E-state index is 0.0411. The van der Waals surface area contributed by atoms with Crippen molar-refractivity contribution in [2.75, 3.05) is 0 Å². The summed E-state index contributed by atoms with van der Waals surface area (Å²) in [7, 11) is 0. The number of nitrogens with zero attached hydrogens (tertiary/aromatic N) is 3. The number of phenolic OH excluding ortho intramolecular Hbond substituents is 2. The smallest absolute Gasteiger partial charge is 0.188 e. The molecule has 0 amide bonds. The van der Waals surface area contributed by atoms with Crippen molar-refractivity contribution in [3.8, 4) is 11.5 Å². The molecular formula is C9H11N5O2. The molecule has 0 fully saturated rings. The van der Waals surface area contributed by atoms with Crippen LogP contribution < -0.4 is 5.32 Å². The molecule has 1 heterocycles. The highest BCUT2D eigenvalue weighted by molar-refractivity contribution is 5.38. The van der Waals surface area contributed by atoms with Gasteiger partial charge in [0.2, 0.25) is 0 Å². The summed E-state index contributed by atoms with van der Waals surface area (Å²) in [5.74, 6) is 0.651. The van der Waals surface area contributed by atoms with Crippen LogP contribution in [0.15, 0.2) is 18.2 Å². The normalized spacial score (nSPS) is 10.5. The van der Waals surface area contributed by atoms with Crippen molar-refractivity contribution in [2.24, 2.45) is 0 Å². The standard InChI is InChI=1S/C9H11N5O2/c15-7-2-1-6(8(16)3-7)4-10-5-9-11-13-14-12-9/h1-3,10,15-16H,4-5H2,(H,11,12,13,14). The molecule has 2 rings (SSSR count). The van der Waals surface area contributed by atoms with Crippen molar-refractivity contribution in [2.45, 2.75) is 13.1 Å². The summed E-state index contributed by atoms with van der Waals surface area (Å²) < 4.78 is 0. The first-order chi connectivity index (χ1) is 7.75. The van der Waals surface area contributed by atoms with Gasteiger partial charge in [-0.05, 0) is 6.07 Å². The zero-order valence-electron chi connectivity index (χ0n) is 8.38. The lowest BCUT2D eigenvalue weighted by atomic mass is 10.2. The second-order valence-corrected chi connectivity index (χ2v) is 3.24. The van der Waals surface area contributed by atoms with Crippen molar-refractivity contribution in [3.05, 3.63) is 29.6 Å². The number of hydrogen-bond acceptors (Lipinski definition) is 6. The number of nitrogens with one attached hydrogen (secondary N) is 2. The van der Waals surface area contributed by atoms with E-state index in [9.17, 15) is 5.11 Å². The van der Waals surface area contributed by atoms with E-state index in [1.165, 1.54) is 12.1 Å². The van der Waals surface area contributed by atoms with E-state index in [2.05, 4.69) is 25.9 Å². The molecule has 0 saturated carbocycles. The molecule has 0 radical (unpaired) electrons. The van der Waals surface area contributed by atoms with E-state index >= 15 is 0 Å². The lowest BCUT2D eigenvalue weighted by molar-refractivity contribution is 0.443. The number of benzene rings is 1. The van der Waals surface area contributed by atoms with Crippen LogP contribution in [-0.4, -0.2) is 30.8 Å². The molecule has 1 aromatic carbocycles. The van der Waals surface area contributed by atoms with E-state index in [0.717, 1.165) is 0 Å². The van der Waals surface area contributed by atoms with E-state index in [1.807, 2.05) is 0 Å². The SMILES string of the molecule is Oc1ccc(CNCc2nn[nH]n2)c(O)c1. The fraction of sp³-hybridized carbons (Fsp3) is 0.222. The molecule has 0 aliphatic rings. The Morgan fingerprint density at radius 3 is 2.81 bits per heavy atom. The molecule has 0 spiro atoms. The van der Waals surface area contributed by atoms with Gasteiger partial charge in [-0.3, -0.25) is 0 Å². The van der Waals surface area contributed by atoms with Gasteiger partial charge >= 0.3 is 0 Å². The van der Waals surface area contributed by atoms with E-state index in [1.54, 1.807) is 6.07 Å². The van der Waals surface area contributed by atoms with Gasteiger partial charge in [-0.15, -0.1) is 10.2 Å². The number of aromatic amines is 1. The molecular weight excluding hydrogens is 210 g/mol. The third-order valence-electron chi connectivity index (χ3n) is 2.06. The average Bonchev–Trinajstić information content (AvgIpc) is 2.74. The molecule has 0 saturated heterocycles. The first-order valence-electron chi connectivity index (χ1n) is 4.69. The Labute approximate surface area is 91.1 Å². The van der Waals surface area contributed by atoms with E-state index in [-0.39, 0.29) is 11.5 Å². The Morgan fingerprint density at radius 2 is 2.12 bits per heavy atom. The maximum atomic E-state index is 9.50. The summed E-state index contributed by atoms with van der Waals surface area (Å²) in [6.07, 6.45) is 0. The lowest BCUT2D eigenvalue weighted by Crippen LogP contribution is -2.13. The van der Waals surface area contributed by atoms with Crippen LogP contribution in [0.2, 0.25) is 0 Å². The number of hydrogen-bond donors (Lipinski definition) is 4. The zero-order valence-corrected chi connectivity index (χ0v) is 8.38. The molecule has 0 unspecified atom stereocenters. The molecule has 1 aromatic heterocycles. The van der Waals surface area contributed by atoms with Crippen LogP contribution in [0, 0.1) is 0 Å². The molecule has 16 heavy (non-hydrogen) atoms. The highest BCUT2D eigenvalue weighted by Gasteiger charge is 2.03. The maximum Gasteiger partial charge on any atom is 0.188 e. The van der Waals surface area contributed by atoms with Gasteiger partial charge < -0.3 is 15.5 Å². The Morgan fingerprint density at radius 1 is 1.25 bits per heavy atom. The summed E-state index contributed by atoms with van der Waals surface area (Å²) in [6.45, 7) is 0.914. The zero-order chi connectivity index (χ0) is 11.4. The van der Waals surface area contributed by atoms with Crippen molar-refractivity contribution in [3.63, 3.8) is 0 Å². The first kappa shape index (κ1) is 10.4. The fourth-order valence-corrected chi connectivity index (χ4v) is 1.27. The average molecular weight is 221 g/mol. The second kappa shape index (κ2) is 4.58. The lowest BCUT2D eigenvalue weighted by Gasteiger charge is -2.05. The number of phenols is 2. The van der Waals surface area contributed by atoms with Gasteiger partial charge in [-0.2, -0.15) is 5.21 Å². The van der Waals surface area contributed by atoms with Crippen molar-refractivity contribution < 1.29 is 10.2 Å². The van der Waals surface area contributed by atoms with Gasteiger partial charge in [0, 0.05) is 18.2 Å². The molecule has 7 heteroatoms. The molecule has 0 aliphatic carbocycles. The summed E-state index contributed by atoms with van der Waals surface area (Å²) in [5, 5.41) is 34.9. The Balaban J connectivity index is 1.90. The van der Waals surface area contributed by atoms with Gasteiger partial charge in [0.1, 0.15) is 11.5 Å². The van der Waals surface area contributed by atoms with Crippen LogP contribution >= 0.6 is 0 Å². The van der Waals surface area contributed by atoms with Gasteiger partial charge in [0.25, 0.3) is 0 Å². The molecule has 84 valence electrons. The van der Waals surface area contributed by atoms with Crippen LogP contribution in [0.5, 0.6) is 11.5 Å². The minimum Gasteiger partial charge on any atom is -0.508 e. The highest BCUT2D eigenvalue weighted by atomic mass is 16.3. The molecule has 4 N–H and O–H groups in total. The second-order valence-electron chi connectivity index (χ2n) is 3.24. The molecule has 2 aromatic rings. The monoisotopic (exact) mass is 221 g/mol. The third kappa shape index (κ3) is 2.45. The van der Waals surface area contributed by atoms with E-state index < -0.39 is 0 Å². The quantitative estimate of drug-likeness (QED) is 0.574. The molecule has 0 aliphatic heterocycles. The Kier molecular flexibility index (Phi) is 2.97. The first-order valence-corrected chi connectivity index (χ1v) is 4.69. The van der Waals surface area contributed by atoms with E-state index in [4.69, 9.17) is 5.11 Å². The number of rotatable bonds is 4. The summed E-state index contributed by atoms with van der Waals surface area (Å²) in [5.41, 5.74) is 0.696. The van der Waals surface area contributed by atoms with Crippen molar-refractivity contribution in [1.29, 1.82) is 0 Å². The largest absolute Gasteiger partial charge is 0.508 e.